The molecule has 0 aliphatic rings. The number of nitrogens with one attached hydrogen (secondary N) is 1. The highest BCUT2D eigenvalue weighted by molar-refractivity contribution is 5.97. The van der Waals surface area contributed by atoms with Crippen molar-refractivity contribution in [2.24, 2.45) is 0 Å². The van der Waals surface area contributed by atoms with Crippen LogP contribution in [-0.2, 0) is 4.79 Å². The zero-order valence-corrected chi connectivity index (χ0v) is 10.9. The molecule has 0 amide bonds. The molecule has 1 aromatic rings. The van der Waals surface area contributed by atoms with Crippen LogP contribution >= 0.6 is 0 Å². The van der Waals surface area contributed by atoms with Gasteiger partial charge in [0.25, 0.3) is 0 Å². The summed E-state index contributed by atoms with van der Waals surface area (Å²) in [5, 5.41) is 11.4. The van der Waals surface area contributed by atoms with Crippen LogP contribution in [0.25, 0.3) is 0 Å². The SMILES string of the molecule is CC(NCC(=O)c1ccc(C(C)C)cc1)C(=O)O. The van der Waals surface area contributed by atoms with E-state index in [1.54, 1.807) is 12.1 Å². The predicted molar refractivity (Wildman–Crippen MR) is 70.0 cm³/mol. The largest absolute Gasteiger partial charge is 0.480 e. The summed E-state index contributed by atoms with van der Waals surface area (Å²) >= 11 is 0. The first-order valence-electron chi connectivity index (χ1n) is 6.01. The molecule has 0 aliphatic heterocycles. The number of ketones is 1. The van der Waals surface area contributed by atoms with Gasteiger partial charge in [-0.05, 0) is 18.4 Å². The molecule has 0 saturated heterocycles. The third-order valence-corrected chi connectivity index (χ3v) is 2.84. The second-order valence-electron chi connectivity index (χ2n) is 4.64. The maximum absolute atomic E-state index is 11.8. The van der Waals surface area contributed by atoms with E-state index in [4.69, 9.17) is 5.11 Å². The average molecular weight is 249 g/mol. The van der Waals surface area contributed by atoms with Gasteiger partial charge in [0.1, 0.15) is 6.04 Å². The molecule has 1 rings (SSSR count). The van der Waals surface area contributed by atoms with E-state index in [-0.39, 0.29) is 12.3 Å². The smallest absolute Gasteiger partial charge is 0.320 e. The molecule has 2 N–H and O–H groups in total. The number of Topliss-reactive ketones (excluding diaryl/α,β-unsaturated/α-hetero) is 1. The molecule has 0 aromatic heterocycles. The molecule has 98 valence electrons. The van der Waals surface area contributed by atoms with Crippen molar-refractivity contribution in [1.82, 2.24) is 5.32 Å². The summed E-state index contributed by atoms with van der Waals surface area (Å²) in [6, 6.07) is 6.70. The summed E-state index contributed by atoms with van der Waals surface area (Å²) in [4.78, 5) is 22.4. The molecule has 18 heavy (non-hydrogen) atoms. The Hall–Kier alpha value is -1.68. The van der Waals surface area contributed by atoms with Gasteiger partial charge in [-0.25, -0.2) is 0 Å². The molecule has 1 atom stereocenters. The van der Waals surface area contributed by atoms with Crippen LogP contribution in [0.15, 0.2) is 24.3 Å². The van der Waals surface area contributed by atoms with E-state index in [9.17, 15) is 9.59 Å². The second kappa shape index (κ2) is 6.31. The van der Waals surface area contributed by atoms with E-state index in [0.717, 1.165) is 0 Å². The van der Waals surface area contributed by atoms with Gasteiger partial charge >= 0.3 is 5.97 Å². The van der Waals surface area contributed by atoms with Gasteiger partial charge in [-0.15, -0.1) is 0 Å². The van der Waals surface area contributed by atoms with Gasteiger partial charge in [0, 0.05) is 5.56 Å². The standard InChI is InChI=1S/C14H19NO3/c1-9(2)11-4-6-12(7-5-11)13(16)8-15-10(3)14(17)18/h4-7,9-10,15H,8H2,1-3H3,(H,17,18). The molecular formula is C14H19NO3. The van der Waals surface area contributed by atoms with Crippen LogP contribution in [0.2, 0.25) is 0 Å². The molecule has 1 aromatic carbocycles. The molecule has 4 nitrogen and oxygen atoms in total. The minimum Gasteiger partial charge on any atom is -0.480 e. The van der Waals surface area contributed by atoms with E-state index in [1.807, 2.05) is 12.1 Å². The Morgan fingerprint density at radius 3 is 2.17 bits per heavy atom. The van der Waals surface area contributed by atoms with E-state index in [0.29, 0.717) is 11.5 Å². The minimum atomic E-state index is -0.960. The van der Waals surface area contributed by atoms with Crippen molar-refractivity contribution in [3.05, 3.63) is 35.4 Å². The highest BCUT2D eigenvalue weighted by atomic mass is 16.4. The second-order valence-corrected chi connectivity index (χ2v) is 4.64. The summed E-state index contributed by atoms with van der Waals surface area (Å²) in [5.74, 6) is -0.629. The van der Waals surface area contributed by atoms with Crippen LogP contribution in [0.5, 0.6) is 0 Å². The molecule has 0 heterocycles. The van der Waals surface area contributed by atoms with Gasteiger partial charge in [-0.1, -0.05) is 38.1 Å². The Labute approximate surface area is 107 Å². The van der Waals surface area contributed by atoms with Gasteiger partial charge in [-0.3, -0.25) is 14.9 Å². The first-order valence-corrected chi connectivity index (χ1v) is 6.01. The van der Waals surface area contributed by atoms with Crippen molar-refractivity contribution in [2.45, 2.75) is 32.7 Å². The Bertz CT molecular complexity index is 423. The van der Waals surface area contributed by atoms with Crippen molar-refractivity contribution in [1.29, 1.82) is 0 Å². The van der Waals surface area contributed by atoms with Crippen LogP contribution in [0.1, 0.15) is 42.6 Å². The monoisotopic (exact) mass is 249 g/mol. The molecule has 0 spiro atoms. The number of aliphatic carboxylic acids is 1. The van der Waals surface area contributed by atoms with Crippen molar-refractivity contribution in [3.63, 3.8) is 0 Å². The minimum absolute atomic E-state index is 0.0362. The summed E-state index contributed by atoms with van der Waals surface area (Å²) in [6.45, 7) is 5.73. The molecular weight excluding hydrogens is 230 g/mol. The third-order valence-electron chi connectivity index (χ3n) is 2.84. The highest BCUT2D eigenvalue weighted by Crippen LogP contribution is 2.14. The molecule has 0 aliphatic carbocycles. The van der Waals surface area contributed by atoms with Crippen molar-refractivity contribution >= 4 is 11.8 Å². The fourth-order valence-electron chi connectivity index (χ4n) is 1.49. The first-order chi connectivity index (χ1) is 8.41. The van der Waals surface area contributed by atoms with Crippen molar-refractivity contribution in [2.75, 3.05) is 6.54 Å². The van der Waals surface area contributed by atoms with Crippen LogP contribution in [0.3, 0.4) is 0 Å². The fraction of sp³-hybridized carbons (Fsp3) is 0.429. The van der Waals surface area contributed by atoms with Gasteiger partial charge < -0.3 is 5.11 Å². The van der Waals surface area contributed by atoms with E-state index < -0.39 is 12.0 Å². The Balaban J connectivity index is 2.59. The van der Waals surface area contributed by atoms with E-state index in [2.05, 4.69) is 19.2 Å². The Kier molecular flexibility index (Phi) is 5.04. The van der Waals surface area contributed by atoms with Gasteiger partial charge in [0.05, 0.1) is 6.54 Å². The Morgan fingerprint density at radius 2 is 1.72 bits per heavy atom. The van der Waals surface area contributed by atoms with Gasteiger partial charge in [0.2, 0.25) is 0 Å². The zero-order valence-electron chi connectivity index (χ0n) is 10.9. The van der Waals surface area contributed by atoms with Crippen molar-refractivity contribution < 1.29 is 14.7 Å². The third kappa shape index (κ3) is 3.96. The summed E-state index contributed by atoms with van der Waals surface area (Å²) < 4.78 is 0. The lowest BCUT2D eigenvalue weighted by Gasteiger charge is -2.09. The number of carbonyl (C=O) groups is 2. The molecule has 1 unspecified atom stereocenters. The number of carboxylic acids is 1. The van der Waals surface area contributed by atoms with Crippen LogP contribution in [0, 0.1) is 0 Å². The maximum atomic E-state index is 11.8. The number of benzene rings is 1. The lowest BCUT2D eigenvalue weighted by Crippen LogP contribution is -2.37. The normalized spacial score (nSPS) is 12.4. The molecule has 0 saturated carbocycles. The van der Waals surface area contributed by atoms with Crippen LogP contribution in [0.4, 0.5) is 0 Å². The number of hydrogen-bond donors (Lipinski definition) is 2. The molecule has 0 radical (unpaired) electrons. The Morgan fingerprint density at radius 1 is 1.17 bits per heavy atom. The predicted octanol–water partition coefficient (Wildman–Crippen LogP) is 2.06. The summed E-state index contributed by atoms with van der Waals surface area (Å²) in [6.07, 6.45) is 0. The van der Waals surface area contributed by atoms with E-state index >= 15 is 0 Å². The molecule has 0 bridgehead atoms. The zero-order chi connectivity index (χ0) is 13.7. The first kappa shape index (κ1) is 14.4. The fourth-order valence-corrected chi connectivity index (χ4v) is 1.49. The number of carbonyl (C=O) groups excluding carboxylic acids is 1. The van der Waals surface area contributed by atoms with Crippen molar-refractivity contribution in [3.8, 4) is 0 Å². The number of hydrogen-bond acceptors (Lipinski definition) is 3. The number of rotatable bonds is 6. The van der Waals surface area contributed by atoms with Gasteiger partial charge in [-0.2, -0.15) is 0 Å². The number of carboxylic acid groups (broad SMARTS) is 1. The van der Waals surface area contributed by atoms with Crippen LogP contribution < -0.4 is 5.32 Å². The van der Waals surface area contributed by atoms with Gasteiger partial charge in [0.15, 0.2) is 5.78 Å². The lowest BCUT2D eigenvalue weighted by atomic mass is 10.0. The average Bonchev–Trinajstić information content (AvgIpc) is 2.35. The summed E-state index contributed by atoms with van der Waals surface area (Å²) in [7, 11) is 0. The van der Waals surface area contributed by atoms with Crippen LogP contribution in [-0.4, -0.2) is 29.4 Å². The molecule has 0 fully saturated rings. The molecule has 4 heteroatoms. The summed E-state index contributed by atoms with van der Waals surface area (Å²) in [5.41, 5.74) is 1.78. The quantitative estimate of drug-likeness (QED) is 0.757. The maximum Gasteiger partial charge on any atom is 0.320 e. The highest BCUT2D eigenvalue weighted by Gasteiger charge is 2.12. The topological polar surface area (TPSA) is 66.4 Å². The van der Waals surface area contributed by atoms with E-state index in [1.165, 1.54) is 12.5 Å². The lowest BCUT2D eigenvalue weighted by molar-refractivity contribution is -0.138.